The molecular formula is C15H21N3O2. The van der Waals surface area contributed by atoms with E-state index in [2.05, 4.69) is 52.4 Å². The van der Waals surface area contributed by atoms with Gasteiger partial charge in [0.15, 0.2) is 0 Å². The highest BCUT2D eigenvalue weighted by atomic mass is 16.5. The van der Waals surface area contributed by atoms with Crippen molar-refractivity contribution < 1.29 is 9.53 Å². The molecule has 0 saturated carbocycles. The van der Waals surface area contributed by atoms with Crippen LogP contribution in [0.1, 0.15) is 43.4 Å². The maximum atomic E-state index is 11.2. The molecule has 108 valence electrons. The molecule has 0 fully saturated rings. The van der Waals surface area contributed by atoms with E-state index in [9.17, 15) is 4.79 Å². The number of hydrogen-bond acceptors (Lipinski definition) is 4. The molecule has 0 aliphatic carbocycles. The summed E-state index contributed by atoms with van der Waals surface area (Å²) in [6.07, 6.45) is 0.407. The molecule has 0 spiro atoms. The Kier molecular flexibility index (Phi) is 4.61. The van der Waals surface area contributed by atoms with Crippen molar-refractivity contribution in [2.75, 3.05) is 13.7 Å². The summed E-state index contributed by atoms with van der Waals surface area (Å²) in [6, 6.07) is 8.55. The highest BCUT2D eigenvalue weighted by molar-refractivity contribution is 5.94. The number of ether oxygens (including phenoxy) is 1. The van der Waals surface area contributed by atoms with Gasteiger partial charge >= 0.3 is 6.09 Å². The molecule has 0 bridgehead atoms. The van der Waals surface area contributed by atoms with Gasteiger partial charge in [-0.05, 0) is 23.5 Å². The maximum absolute atomic E-state index is 11.2. The largest absolute Gasteiger partial charge is 0.453 e. The summed E-state index contributed by atoms with van der Waals surface area (Å²) in [4.78, 5) is 15.5. The number of rotatable bonds is 2. The van der Waals surface area contributed by atoms with E-state index in [-0.39, 0.29) is 6.04 Å². The molecule has 1 unspecified atom stereocenters. The van der Waals surface area contributed by atoms with Gasteiger partial charge < -0.3 is 10.1 Å². The molecular weight excluding hydrogens is 254 g/mol. The number of nitrogens with zero attached hydrogens (tertiary/aromatic N) is 1. The average molecular weight is 275 g/mol. The number of benzene rings is 1. The summed E-state index contributed by atoms with van der Waals surface area (Å²) in [7, 11) is 1.34. The van der Waals surface area contributed by atoms with E-state index >= 15 is 0 Å². The molecule has 1 atom stereocenters. The quantitative estimate of drug-likeness (QED) is 0.872. The van der Waals surface area contributed by atoms with Gasteiger partial charge in [0, 0.05) is 6.54 Å². The second-order valence-corrected chi connectivity index (χ2v) is 5.12. The number of carbonyl (C=O) groups is 1. The molecule has 5 heteroatoms. The average Bonchev–Trinajstić information content (AvgIpc) is 2.47. The number of carbonyl (C=O) groups excluding carboxylic acids is 1. The topological polar surface area (TPSA) is 62.7 Å². The minimum Gasteiger partial charge on any atom is -0.453 e. The zero-order chi connectivity index (χ0) is 14.5. The third kappa shape index (κ3) is 3.29. The van der Waals surface area contributed by atoms with Crippen LogP contribution in [-0.2, 0) is 4.74 Å². The lowest BCUT2D eigenvalue weighted by atomic mass is 9.91. The predicted molar refractivity (Wildman–Crippen MR) is 78.9 cm³/mol. The third-order valence-corrected chi connectivity index (χ3v) is 3.40. The Morgan fingerprint density at radius 1 is 1.45 bits per heavy atom. The molecule has 0 saturated heterocycles. The van der Waals surface area contributed by atoms with Crippen molar-refractivity contribution in [1.82, 2.24) is 10.6 Å². The van der Waals surface area contributed by atoms with Gasteiger partial charge in [0.05, 0.1) is 13.2 Å². The molecule has 1 heterocycles. The molecule has 1 amide bonds. The van der Waals surface area contributed by atoms with Crippen molar-refractivity contribution in [2.45, 2.75) is 32.2 Å². The zero-order valence-electron chi connectivity index (χ0n) is 12.1. The van der Waals surface area contributed by atoms with Crippen LogP contribution in [0.5, 0.6) is 0 Å². The van der Waals surface area contributed by atoms with Crippen molar-refractivity contribution in [2.24, 2.45) is 4.99 Å². The van der Waals surface area contributed by atoms with Crippen LogP contribution in [-0.4, -0.2) is 25.7 Å². The summed E-state index contributed by atoms with van der Waals surface area (Å²) in [5.41, 5.74) is 2.59. The Balaban J connectivity index is 2.15. The van der Waals surface area contributed by atoms with E-state index in [1.807, 2.05) is 6.07 Å². The van der Waals surface area contributed by atoms with Crippen LogP contribution in [0.25, 0.3) is 0 Å². The number of guanidine groups is 1. The lowest BCUT2D eigenvalue weighted by Crippen LogP contribution is -2.45. The van der Waals surface area contributed by atoms with Gasteiger partial charge in [0.2, 0.25) is 5.96 Å². The van der Waals surface area contributed by atoms with Crippen LogP contribution < -0.4 is 10.6 Å². The molecule has 2 rings (SSSR count). The van der Waals surface area contributed by atoms with Gasteiger partial charge in [-0.1, -0.05) is 38.1 Å². The summed E-state index contributed by atoms with van der Waals surface area (Å²) < 4.78 is 4.58. The Labute approximate surface area is 119 Å². The molecule has 1 aromatic carbocycles. The molecule has 1 aliphatic heterocycles. The number of aliphatic imine (C=N–C) groups is 1. The number of amides is 1. The highest BCUT2D eigenvalue weighted by Crippen LogP contribution is 2.27. The van der Waals surface area contributed by atoms with Crippen LogP contribution >= 0.6 is 0 Å². The Morgan fingerprint density at radius 2 is 2.20 bits per heavy atom. The van der Waals surface area contributed by atoms with E-state index in [0.29, 0.717) is 18.4 Å². The number of hydrogen-bond donors (Lipinski definition) is 2. The van der Waals surface area contributed by atoms with E-state index < -0.39 is 6.09 Å². The lowest BCUT2D eigenvalue weighted by Gasteiger charge is -2.27. The summed E-state index contributed by atoms with van der Waals surface area (Å²) >= 11 is 0. The number of nitrogens with one attached hydrogen (secondary N) is 2. The minimum absolute atomic E-state index is 0.165. The molecule has 20 heavy (non-hydrogen) atoms. The van der Waals surface area contributed by atoms with Crippen LogP contribution in [0.2, 0.25) is 0 Å². The second-order valence-electron chi connectivity index (χ2n) is 5.12. The van der Waals surface area contributed by atoms with E-state index in [1.165, 1.54) is 18.2 Å². The van der Waals surface area contributed by atoms with Gasteiger partial charge in [-0.15, -0.1) is 0 Å². The number of methoxy groups -OCH3 is 1. The van der Waals surface area contributed by atoms with Crippen LogP contribution in [0, 0.1) is 0 Å². The Bertz CT molecular complexity index is 512. The van der Waals surface area contributed by atoms with Crippen LogP contribution in [0.4, 0.5) is 4.79 Å². The third-order valence-electron chi connectivity index (χ3n) is 3.40. The fourth-order valence-electron chi connectivity index (χ4n) is 2.40. The van der Waals surface area contributed by atoms with Crippen molar-refractivity contribution in [3.63, 3.8) is 0 Å². The number of alkyl carbamates (subject to hydrolysis) is 1. The molecule has 1 aromatic rings. The standard InChI is InChI=1S/C15H21N3O2/c1-10(2)11-6-4-5-7-12(11)13-8-9-16-14(17-13)18-15(19)20-3/h4-7,10,13H,8-9H2,1-3H3,(H2,16,17,18,19). The van der Waals surface area contributed by atoms with Crippen LogP contribution in [0.3, 0.4) is 0 Å². The molecule has 0 radical (unpaired) electrons. The zero-order valence-corrected chi connectivity index (χ0v) is 12.1. The van der Waals surface area contributed by atoms with E-state index in [0.717, 1.165) is 6.42 Å². The van der Waals surface area contributed by atoms with Crippen molar-refractivity contribution in [3.8, 4) is 0 Å². The summed E-state index contributed by atoms with van der Waals surface area (Å²) in [6.45, 7) is 5.05. The van der Waals surface area contributed by atoms with Crippen LogP contribution in [0.15, 0.2) is 29.3 Å². The van der Waals surface area contributed by atoms with E-state index in [1.54, 1.807) is 0 Å². The van der Waals surface area contributed by atoms with E-state index in [4.69, 9.17) is 0 Å². The first-order chi connectivity index (χ1) is 9.61. The van der Waals surface area contributed by atoms with Crippen molar-refractivity contribution in [3.05, 3.63) is 35.4 Å². The summed E-state index contributed by atoms with van der Waals surface area (Å²) in [5.74, 6) is 0.940. The molecule has 2 N–H and O–H groups in total. The fourth-order valence-corrected chi connectivity index (χ4v) is 2.40. The fraction of sp³-hybridized carbons (Fsp3) is 0.467. The maximum Gasteiger partial charge on any atom is 0.413 e. The van der Waals surface area contributed by atoms with Gasteiger partial charge in [0.1, 0.15) is 0 Å². The predicted octanol–water partition coefficient (Wildman–Crippen LogP) is 2.56. The Hall–Kier alpha value is -2.04. The second kappa shape index (κ2) is 6.41. The normalized spacial score (nSPS) is 18.2. The van der Waals surface area contributed by atoms with Gasteiger partial charge in [-0.25, -0.2) is 4.79 Å². The molecule has 0 aromatic heterocycles. The SMILES string of the molecule is COC(=O)NC1=NCCC(c2ccccc2C(C)C)N1. The monoisotopic (exact) mass is 275 g/mol. The lowest BCUT2D eigenvalue weighted by molar-refractivity contribution is 0.176. The van der Waals surface area contributed by atoms with Gasteiger partial charge in [-0.3, -0.25) is 10.3 Å². The van der Waals surface area contributed by atoms with Gasteiger partial charge in [-0.2, -0.15) is 0 Å². The first-order valence-corrected chi connectivity index (χ1v) is 6.86. The molecule has 1 aliphatic rings. The Morgan fingerprint density at radius 3 is 2.90 bits per heavy atom. The smallest absolute Gasteiger partial charge is 0.413 e. The van der Waals surface area contributed by atoms with Crippen molar-refractivity contribution in [1.29, 1.82) is 0 Å². The first-order valence-electron chi connectivity index (χ1n) is 6.86. The minimum atomic E-state index is -0.506. The summed E-state index contributed by atoms with van der Waals surface area (Å²) in [5, 5.41) is 5.86. The molecule has 5 nitrogen and oxygen atoms in total. The highest BCUT2D eigenvalue weighted by Gasteiger charge is 2.21. The van der Waals surface area contributed by atoms with Gasteiger partial charge in [0.25, 0.3) is 0 Å². The van der Waals surface area contributed by atoms with Crippen molar-refractivity contribution >= 4 is 12.1 Å². The first kappa shape index (κ1) is 14.4.